The van der Waals surface area contributed by atoms with E-state index in [2.05, 4.69) is 52.0 Å². The first-order valence-corrected chi connectivity index (χ1v) is 11.3. The first-order valence-electron chi connectivity index (χ1n) is 8.57. The van der Waals surface area contributed by atoms with Gasteiger partial charge in [0.2, 0.25) is 0 Å². The molecule has 0 atom stereocenters. The van der Waals surface area contributed by atoms with E-state index in [4.69, 9.17) is 0 Å². The van der Waals surface area contributed by atoms with Crippen molar-refractivity contribution in [3.8, 4) is 0 Å². The first-order chi connectivity index (χ1) is 12.0. The predicted molar refractivity (Wildman–Crippen MR) is 117 cm³/mol. The van der Waals surface area contributed by atoms with Crippen molar-refractivity contribution in [3.05, 3.63) is 60.7 Å². The van der Waals surface area contributed by atoms with E-state index in [-0.39, 0.29) is 0 Å². The van der Waals surface area contributed by atoms with E-state index in [0.29, 0.717) is 22.0 Å². The standard InChI is InChI=1S/C9H18OS2.C6H4S.C6H6/c1-7(2)11-6-5-9(10)12-8(3)4;1-2-4-6-5(3-1)7-6;1-2-4-6-5-3-1/h7-8H,5-6H2,1-4H3;1-4H;1-6H. The van der Waals surface area contributed by atoms with Crippen molar-refractivity contribution in [1.82, 2.24) is 0 Å². The minimum atomic E-state index is 0.332. The quantitative estimate of drug-likeness (QED) is 0.433. The Morgan fingerprint density at radius 3 is 1.68 bits per heavy atom. The van der Waals surface area contributed by atoms with Crippen LogP contribution in [0.3, 0.4) is 0 Å². The minimum absolute atomic E-state index is 0.332. The van der Waals surface area contributed by atoms with E-state index in [1.807, 2.05) is 59.9 Å². The molecule has 2 aromatic rings. The molecule has 0 amide bonds. The average Bonchev–Trinajstić information content (AvgIpc) is 3.36. The second-order valence-electron chi connectivity index (χ2n) is 5.91. The van der Waals surface area contributed by atoms with Gasteiger partial charge in [0.15, 0.2) is 5.12 Å². The monoisotopic (exact) mass is 392 g/mol. The average molecular weight is 393 g/mol. The maximum Gasteiger partial charge on any atom is 0.190 e. The van der Waals surface area contributed by atoms with Gasteiger partial charge in [-0.3, -0.25) is 4.79 Å². The fourth-order valence-corrected chi connectivity index (χ4v) is 3.96. The lowest BCUT2D eigenvalue weighted by Gasteiger charge is -2.05. The SMILES string of the molecule is CC(C)SCCC(=O)SC(C)C.c1ccc2c(c1)S2.c1ccccc1. The van der Waals surface area contributed by atoms with Gasteiger partial charge in [0.1, 0.15) is 0 Å². The lowest BCUT2D eigenvalue weighted by molar-refractivity contribution is -0.110. The third-order valence-corrected chi connectivity index (χ3v) is 5.81. The molecule has 0 fully saturated rings. The van der Waals surface area contributed by atoms with Gasteiger partial charge in [0.25, 0.3) is 0 Å². The molecule has 1 aliphatic heterocycles. The van der Waals surface area contributed by atoms with Crippen LogP contribution < -0.4 is 0 Å². The van der Waals surface area contributed by atoms with Gasteiger partial charge in [-0.2, -0.15) is 11.8 Å². The van der Waals surface area contributed by atoms with Crippen LogP contribution in [0, 0.1) is 0 Å². The van der Waals surface area contributed by atoms with Crippen molar-refractivity contribution in [1.29, 1.82) is 0 Å². The van der Waals surface area contributed by atoms with Crippen LogP contribution in [-0.2, 0) is 4.79 Å². The van der Waals surface area contributed by atoms with Crippen molar-refractivity contribution < 1.29 is 4.79 Å². The largest absolute Gasteiger partial charge is 0.287 e. The Labute approximate surface area is 165 Å². The molecule has 0 unspecified atom stereocenters. The van der Waals surface area contributed by atoms with Gasteiger partial charge in [0.05, 0.1) is 0 Å². The fraction of sp³-hybridized carbons (Fsp3) is 0.381. The van der Waals surface area contributed by atoms with Crippen LogP contribution in [0.1, 0.15) is 34.1 Å². The molecule has 2 aromatic carbocycles. The number of thioether (sulfide) groups is 2. The van der Waals surface area contributed by atoms with E-state index in [1.54, 1.807) is 0 Å². The van der Waals surface area contributed by atoms with Crippen LogP contribution in [0.25, 0.3) is 0 Å². The van der Waals surface area contributed by atoms with Crippen molar-refractivity contribution in [3.63, 3.8) is 0 Å². The highest BCUT2D eigenvalue weighted by molar-refractivity contribution is 8.14. The highest BCUT2D eigenvalue weighted by atomic mass is 32.2. The molecule has 0 saturated carbocycles. The van der Waals surface area contributed by atoms with Crippen molar-refractivity contribution in [2.45, 2.75) is 54.4 Å². The third-order valence-electron chi connectivity index (χ3n) is 2.82. The van der Waals surface area contributed by atoms with Crippen molar-refractivity contribution in [2.24, 2.45) is 0 Å². The molecular weight excluding hydrogens is 364 g/mol. The fourth-order valence-electron chi connectivity index (χ4n) is 1.70. The molecule has 0 saturated heterocycles. The number of carbonyl (C=O) groups is 1. The van der Waals surface area contributed by atoms with Crippen LogP contribution >= 0.6 is 35.3 Å². The molecule has 1 aliphatic rings. The van der Waals surface area contributed by atoms with Gasteiger partial charge in [-0.1, -0.05) is 99.7 Å². The molecule has 1 nitrogen and oxygen atoms in total. The van der Waals surface area contributed by atoms with Crippen LogP contribution in [0.4, 0.5) is 0 Å². The summed E-state index contributed by atoms with van der Waals surface area (Å²) in [6.45, 7) is 8.42. The third kappa shape index (κ3) is 13.1. The highest BCUT2D eigenvalue weighted by Crippen LogP contribution is 2.47. The molecule has 25 heavy (non-hydrogen) atoms. The van der Waals surface area contributed by atoms with E-state index in [9.17, 15) is 4.79 Å². The van der Waals surface area contributed by atoms with Crippen LogP contribution in [0.5, 0.6) is 0 Å². The molecule has 136 valence electrons. The van der Waals surface area contributed by atoms with Gasteiger partial charge in [-0.05, 0) is 17.4 Å². The van der Waals surface area contributed by atoms with Gasteiger partial charge in [-0.25, -0.2) is 0 Å². The second kappa shape index (κ2) is 13.4. The zero-order valence-electron chi connectivity index (χ0n) is 15.5. The van der Waals surface area contributed by atoms with Crippen molar-refractivity contribution >= 4 is 40.4 Å². The summed E-state index contributed by atoms with van der Waals surface area (Å²) in [6.07, 6.45) is 0.714. The number of benzene rings is 2. The number of rotatable bonds is 5. The Bertz CT molecular complexity index is 549. The minimum Gasteiger partial charge on any atom is -0.287 e. The first kappa shape index (κ1) is 22.2. The Balaban J connectivity index is 0.000000201. The Hall–Kier alpha value is -0.840. The van der Waals surface area contributed by atoms with E-state index in [1.165, 1.54) is 21.6 Å². The Kier molecular flexibility index (Phi) is 11.9. The summed E-state index contributed by atoms with van der Waals surface area (Å²) in [7, 11) is 0. The molecule has 0 aliphatic carbocycles. The van der Waals surface area contributed by atoms with E-state index >= 15 is 0 Å². The van der Waals surface area contributed by atoms with Gasteiger partial charge < -0.3 is 0 Å². The summed E-state index contributed by atoms with van der Waals surface area (Å²) >= 11 is 5.17. The Morgan fingerprint density at radius 1 is 0.840 bits per heavy atom. The van der Waals surface area contributed by atoms with E-state index in [0.717, 1.165) is 5.75 Å². The van der Waals surface area contributed by atoms with Crippen LogP contribution in [0.2, 0.25) is 0 Å². The summed E-state index contributed by atoms with van der Waals surface area (Å²) in [5.74, 6) is 0.968. The molecule has 0 radical (unpaired) electrons. The maximum atomic E-state index is 11.2. The second-order valence-corrected chi connectivity index (χ2v) is 10.3. The number of carbonyl (C=O) groups excluding carboxylic acids is 1. The summed E-state index contributed by atoms with van der Waals surface area (Å²) in [5.41, 5.74) is 0. The molecule has 0 bridgehead atoms. The predicted octanol–water partition coefficient (Wildman–Crippen LogP) is 7.02. The zero-order chi connectivity index (χ0) is 18.5. The lowest BCUT2D eigenvalue weighted by atomic mass is 10.4. The number of hydrogen-bond acceptors (Lipinski definition) is 4. The Morgan fingerprint density at radius 2 is 1.32 bits per heavy atom. The number of hydrogen-bond donors (Lipinski definition) is 0. The summed E-state index contributed by atoms with van der Waals surface area (Å²) in [6, 6.07) is 20.4. The number of fused-ring (bicyclic) bond motifs is 1. The topological polar surface area (TPSA) is 17.1 Å². The highest BCUT2D eigenvalue weighted by Gasteiger charge is 2.14. The summed E-state index contributed by atoms with van der Waals surface area (Å²) < 4.78 is 0. The smallest absolute Gasteiger partial charge is 0.190 e. The van der Waals surface area contributed by atoms with Gasteiger partial charge >= 0.3 is 0 Å². The summed E-state index contributed by atoms with van der Waals surface area (Å²) in [4.78, 5) is 14.1. The summed E-state index contributed by atoms with van der Waals surface area (Å²) in [5, 5.41) is 1.40. The zero-order valence-corrected chi connectivity index (χ0v) is 17.9. The van der Waals surface area contributed by atoms with Gasteiger partial charge in [-0.15, -0.1) is 0 Å². The normalized spacial score (nSPS) is 11.0. The molecule has 3 rings (SSSR count). The van der Waals surface area contributed by atoms with Crippen molar-refractivity contribution in [2.75, 3.05) is 5.75 Å². The molecule has 0 spiro atoms. The molecule has 0 N–H and O–H groups in total. The molecule has 4 heteroatoms. The molecule has 0 aromatic heterocycles. The van der Waals surface area contributed by atoms with Crippen LogP contribution in [-0.4, -0.2) is 21.4 Å². The molecular formula is C21H28OS3. The molecule has 1 heterocycles. The van der Waals surface area contributed by atoms with Gasteiger partial charge in [0, 0.05) is 27.2 Å². The van der Waals surface area contributed by atoms with E-state index < -0.39 is 0 Å². The van der Waals surface area contributed by atoms with Crippen LogP contribution in [0.15, 0.2) is 70.5 Å². The maximum absolute atomic E-state index is 11.2. The lowest BCUT2D eigenvalue weighted by Crippen LogP contribution is -2.00.